The molecule has 1 aliphatic heterocycles. The zero-order valence-electron chi connectivity index (χ0n) is 26.4. The number of carbonyl (C=O) groups is 2. The lowest BCUT2D eigenvalue weighted by Gasteiger charge is -2.56. The Morgan fingerprint density at radius 1 is 1.00 bits per heavy atom. The second kappa shape index (κ2) is 17.2. The molecule has 1 heterocycles. The molecule has 2 aromatic rings. The number of aliphatic hydroxyl groups is 1. The SMILES string of the molecule is CCCC(CCC)S1(C[C@@H](NC(=O)CC)C(=O)N(Cc2cccc(CC)c2)C[C@@H](O)[C@@H](N)Cc2cc(F)cc(F)c2)OCO1. The van der Waals surface area contributed by atoms with Gasteiger partial charge in [-0.2, -0.15) is 10.6 Å². The normalized spacial score (nSPS) is 16.9. The second-order valence-electron chi connectivity index (χ2n) is 11.5. The van der Waals surface area contributed by atoms with Gasteiger partial charge in [0.1, 0.15) is 17.7 Å². The van der Waals surface area contributed by atoms with Crippen molar-refractivity contribution in [3.63, 3.8) is 0 Å². The van der Waals surface area contributed by atoms with Crippen LogP contribution >= 0.6 is 10.6 Å². The van der Waals surface area contributed by atoms with E-state index < -0.39 is 40.4 Å². The minimum absolute atomic E-state index is 0.00382. The summed E-state index contributed by atoms with van der Waals surface area (Å²) in [5, 5.41) is 14.2. The largest absolute Gasteiger partial charge is 0.390 e. The summed E-state index contributed by atoms with van der Waals surface area (Å²) in [7, 11) is -2.09. The Morgan fingerprint density at radius 2 is 1.64 bits per heavy atom. The highest BCUT2D eigenvalue weighted by atomic mass is 32.3. The number of nitrogens with two attached hydrogens (primary N) is 1. The molecule has 0 aromatic heterocycles. The fourth-order valence-corrected chi connectivity index (χ4v) is 8.64. The van der Waals surface area contributed by atoms with Crippen molar-refractivity contribution < 1.29 is 31.8 Å². The number of nitrogens with zero attached hydrogens (tertiary/aromatic N) is 1. The zero-order valence-corrected chi connectivity index (χ0v) is 27.2. The molecule has 2 aromatic carbocycles. The number of hydrogen-bond donors (Lipinski definition) is 3. The fraction of sp³-hybridized carbons (Fsp3) is 0.576. The third-order valence-corrected chi connectivity index (χ3v) is 11.2. The Kier molecular flexibility index (Phi) is 14.0. The summed E-state index contributed by atoms with van der Waals surface area (Å²) in [6.07, 6.45) is 3.43. The third kappa shape index (κ3) is 9.97. The minimum atomic E-state index is -2.09. The molecule has 3 atom stereocenters. The van der Waals surface area contributed by atoms with Gasteiger partial charge >= 0.3 is 0 Å². The maximum absolute atomic E-state index is 14.4. The number of aryl methyl sites for hydroxylation is 1. The van der Waals surface area contributed by atoms with Crippen molar-refractivity contribution in [1.29, 1.82) is 0 Å². The van der Waals surface area contributed by atoms with E-state index in [1.807, 2.05) is 31.2 Å². The van der Waals surface area contributed by atoms with Crippen LogP contribution in [0.4, 0.5) is 8.78 Å². The molecule has 4 N–H and O–H groups in total. The summed E-state index contributed by atoms with van der Waals surface area (Å²) in [5.41, 5.74) is 8.58. The molecule has 1 fully saturated rings. The van der Waals surface area contributed by atoms with Crippen LogP contribution in [0.25, 0.3) is 0 Å². The lowest BCUT2D eigenvalue weighted by molar-refractivity contribution is -0.137. The van der Waals surface area contributed by atoms with Crippen molar-refractivity contribution in [2.24, 2.45) is 5.73 Å². The average molecular weight is 638 g/mol. The second-order valence-corrected chi connectivity index (χ2v) is 14.3. The Morgan fingerprint density at radius 3 is 2.18 bits per heavy atom. The van der Waals surface area contributed by atoms with E-state index in [2.05, 4.69) is 19.2 Å². The van der Waals surface area contributed by atoms with Gasteiger partial charge in [-0.3, -0.25) is 18.0 Å². The van der Waals surface area contributed by atoms with Crippen LogP contribution in [0.1, 0.15) is 76.5 Å². The van der Waals surface area contributed by atoms with Crippen LogP contribution in [0.5, 0.6) is 0 Å². The Balaban J connectivity index is 1.91. The van der Waals surface area contributed by atoms with Crippen LogP contribution in [-0.2, 0) is 37.3 Å². The molecule has 0 spiro atoms. The monoisotopic (exact) mass is 637 g/mol. The van der Waals surface area contributed by atoms with Crippen molar-refractivity contribution in [2.75, 3.05) is 19.1 Å². The molecule has 44 heavy (non-hydrogen) atoms. The van der Waals surface area contributed by atoms with Crippen LogP contribution < -0.4 is 11.1 Å². The highest BCUT2D eigenvalue weighted by Crippen LogP contribution is 2.63. The topological polar surface area (TPSA) is 114 Å². The third-order valence-electron chi connectivity index (χ3n) is 7.96. The van der Waals surface area contributed by atoms with E-state index in [1.165, 1.54) is 17.0 Å². The summed E-state index contributed by atoms with van der Waals surface area (Å²) in [5.74, 6) is -1.92. The number of benzene rings is 2. The number of amides is 2. The molecule has 0 aliphatic carbocycles. The van der Waals surface area contributed by atoms with Gasteiger partial charge in [-0.15, -0.1) is 0 Å². The molecule has 0 unspecified atom stereocenters. The highest BCUT2D eigenvalue weighted by molar-refractivity contribution is 8.27. The van der Waals surface area contributed by atoms with Crippen molar-refractivity contribution in [1.82, 2.24) is 10.2 Å². The molecule has 0 saturated carbocycles. The Bertz CT molecular complexity index is 1210. The molecule has 2 amide bonds. The van der Waals surface area contributed by atoms with Crippen molar-refractivity contribution in [2.45, 2.75) is 103 Å². The predicted octanol–water partition coefficient (Wildman–Crippen LogP) is 5.29. The van der Waals surface area contributed by atoms with E-state index in [4.69, 9.17) is 14.1 Å². The number of rotatable bonds is 18. The van der Waals surface area contributed by atoms with E-state index in [1.54, 1.807) is 6.92 Å². The van der Waals surface area contributed by atoms with Gasteiger partial charge in [0.15, 0.2) is 6.79 Å². The van der Waals surface area contributed by atoms with E-state index in [9.17, 15) is 23.5 Å². The number of carbonyl (C=O) groups excluding carboxylic acids is 2. The molecule has 3 rings (SSSR count). The summed E-state index contributed by atoms with van der Waals surface area (Å²) >= 11 is 0. The molecule has 11 heteroatoms. The zero-order chi connectivity index (χ0) is 32.3. The molecule has 246 valence electrons. The van der Waals surface area contributed by atoms with Gasteiger partial charge in [0.25, 0.3) is 0 Å². The first-order chi connectivity index (χ1) is 21.0. The van der Waals surface area contributed by atoms with Crippen LogP contribution in [0.15, 0.2) is 42.5 Å². The average Bonchev–Trinajstić information content (AvgIpc) is 2.97. The van der Waals surface area contributed by atoms with Gasteiger partial charge < -0.3 is 21.1 Å². The summed E-state index contributed by atoms with van der Waals surface area (Å²) in [6, 6.07) is 9.11. The van der Waals surface area contributed by atoms with Crippen LogP contribution in [0, 0.1) is 11.6 Å². The molecule has 8 nitrogen and oxygen atoms in total. The number of hydrogen-bond acceptors (Lipinski definition) is 6. The van der Waals surface area contributed by atoms with E-state index in [-0.39, 0.29) is 55.5 Å². The van der Waals surface area contributed by atoms with Gasteiger partial charge in [0, 0.05) is 36.9 Å². The van der Waals surface area contributed by atoms with Gasteiger partial charge in [0.05, 0.1) is 11.9 Å². The van der Waals surface area contributed by atoms with Gasteiger partial charge in [-0.05, 0) is 54.5 Å². The molecule has 1 saturated heterocycles. The Labute approximate surface area is 262 Å². The lowest BCUT2D eigenvalue weighted by atomic mass is 10.0. The fourth-order valence-electron chi connectivity index (χ4n) is 5.57. The summed E-state index contributed by atoms with van der Waals surface area (Å²) in [4.78, 5) is 28.6. The van der Waals surface area contributed by atoms with Crippen molar-refractivity contribution in [3.05, 3.63) is 70.8 Å². The lowest BCUT2D eigenvalue weighted by Crippen LogP contribution is -2.55. The molecular weight excluding hydrogens is 588 g/mol. The van der Waals surface area contributed by atoms with Gasteiger partial charge in [-0.1, -0.05) is 64.8 Å². The molecule has 0 bridgehead atoms. The maximum atomic E-state index is 14.4. The number of nitrogens with one attached hydrogen (secondary N) is 1. The van der Waals surface area contributed by atoms with E-state index in [0.29, 0.717) is 5.56 Å². The first-order valence-corrected chi connectivity index (χ1v) is 17.4. The standard InChI is InChI=1S/C33H49F2N3O5S/c1-5-10-28(11-6-2)44(42-22-43-44)21-30(37-32(40)8-4)33(41)38(19-24-13-9-12-23(7-3)14-24)20-31(39)29(36)17-25-15-26(34)18-27(35)16-25/h9,12-16,18,28-31,39H,5-8,10-11,17,19-22,36H2,1-4H3,(H,37,40)/t29-,30+,31+/m0/s1. The first-order valence-electron chi connectivity index (χ1n) is 15.7. The van der Waals surface area contributed by atoms with E-state index in [0.717, 1.165) is 49.3 Å². The molecule has 1 aliphatic rings. The predicted molar refractivity (Wildman–Crippen MR) is 171 cm³/mol. The van der Waals surface area contributed by atoms with Crippen LogP contribution in [-0.4, -0.2) is 64.3 Å². The molecular formula is C33H49F2N3O5S. The summed E-state index contributed by atoms with van der Waals surface area (Å²) < 4.78 is 39.8. The minimum Gasteiger partial charge on any atom is -0.390 e. The van der Waals surface area contributed by atoms with Crippen molar-refractivity contribution in [3.8, 4) is 0 Å². The maximum Gasteiger partial charge on any atom is 0.247 e. The first kappa shape index (κ1) is 35.9. The summed E-state index contributed by atoms with van der Waals surface area (Å²) in [6.45, 7) is 8.14. The van der Waals surface area contributed by atoms with Crippen LogP contribution in [0.3, 0.4) is 0 Å². The highest BCUT2D eigenvalue weighted by Gasteiger charge is 2.43. The van der Waals surface area contributed by atoms with Crippen molar-refractivity contribution >= 4 is 22.4 Å². The number of aliphatic hydroxyl groups excluding tert-OH is 1. The quantitative estimate of drug-likeness (QED) is 0.205. The van der Waals surface area contributed by atoms with Gasteiger partial charge in [-0.25, -0.2) is 8.78 Å². The van der Waals surface area contributed by atoms with E-state index >= 15 is 0 Å². The van der Waals surface area contributed by atoms with Gasteiger partial charge in [0.2, 0.25) is 11.8 Å². The number of halogens is 2. The Hall–Kier alpha value is -2.57. The molecule has 0 radical (unpaired) electrons. The smallest absolute Gasteiger partial charge is 0.247 e. The van der Waals surface area contributed by atoms with Crippen LogP contribution in [0.2, 0.25) is 0 Å².